The van der Waals surface area contributed by atoms with Gasteiger partial charge in [0.05, 0.1) is 17.5 Å². The first-order valence-electron chi connectivity index (χ1n) is 12.5. The van der Waals surface area contributed by atoms with Crippen LogP contribution in [0.3, 0.4) is 0 Å². The van der Waals surface area contributed by atoms with E-state index in [0.717, 1.165) is 32.1 Å². The number of carbonyl (C=O) groups excluding carboxylic acids is 2. The molecule has 1 aliphatic carbocycles. The van der Waals surface area contributed by atoms with Crippen LogP contribution in [0.25, 0.3) is 0 Å². The van der Waals surface area contributed by atoms with Crippen LogP contribution >= 0.6 is 0 Å². The number of hydrogen-bond donors (Lipinski definition) is 3. The van der Waals surface area contributed by atoms with E-state index in [1.54, 1.807) is 20.8 Å². The van der Waals surface area contributed by atoms with Crippen molar-refractivity contribution in [1.29, 1.82) is 0 Å². The smallest absolute Gasteiger partial charge is 0.408 e. The third-order valence-corrected chi connectivity index (χ3v) is 6.52. The molecule has 0 spiro atoms. The molecule has 2 unspecified atom stereocenters. The monoisotopic (exact) mass is 474 g/mol. The molecule has 1 fully saturated rings. The number of carboxylic acid groups (broad SMARTS) is 1. The van der Waals surface area contributed by atoms with E-state index in [-0.39, 0.29) is 30.7 Å². The highest BCUT2D eigenvalue weighted by molar-refractivity contribution is 5.76. The highest BCUT2D eigenvalue weighted by Crippen LogP contribution is 2.43. The number of benzene rings is 1. The minimum absolute atomic E-state index is 0.193. The molecule has 1 aliphatic rings. The third kappa shape index (κ3) is 8.65. The maximum atomic E-state index is 12.7. The van der Waals surface area contributed by atoms with Crippen LogP contribution in [0.2, 0.25) is 0 Å². The maximum absolute atomic E-state index is 12.7. The molecule has 0 aliphatic heterocycles. The molecule has 0 radical (unpaired) electrons. The molecule has 3 N–H and O–H groups in total. The van der Waals surface area contributed by atoms with E-state index in [1.807, 2.05) is 18.2 Å². The first-order chi connectivity index (χ1) is 15.9. The number of carbonyl (C=O) groups is 3. The van der Waals surface area contributed by atoms with Gasteiger partial charge in [0, 0.05) is 6.92 Å². The Labute approximate surface area is 204 Å². The van der Waals surface area contributed by atoms with Crippen molar-refractivity contribution in [3.05, 3.63) is 35.9 Å². The van der Waals surface area contributed by atoms with Crippen LogP contribution in [-0.2, 0) is 20.7 Å². The number of rotatable bonds is 12. The number of aliphatic carboxylic acids is 1. The molecule has 1 aromatic rings. The number of amides is 2. The zero-order chi connectivity index (χ0) is 25.4. The van der Waals surface area contributed by atoms with Crippen LogP contribution in [-0.4, -0.2) is 40.3 Å². The van der Waals surface area contributed by atoms with E-state index in [4.69, 9.17) is 4.74 Å². The highest BCUT2D eigenvalue weighted by atomic mass is 16.6. The lowest BCUT2D eigenvalue weighted by Gasteiger charge is -2.51. The van der Waals surface area contributed by atoms with Gasteiger partial charge in [-0.3, -0.25) is 9.59 Å². The lowest BCUT2D eigenvalue weighted by atomic mass is 9.62. The van der Waals surface area contributed by atoms with Gasteiger partial charge in [-0.15, -0.1) is 0 Å². The second-order valence-electron chi connectivity index (χ2n) is 10.8. The molecule has 1 aromatic carbocycles. The van der Waals surface area contributed by atoms with Gasteiger partial charge < -0.3 is 20.5 Å². The topological polar surface area (TPSA) is 105 Å². The van der Waals surface area contributed by atoms with Crippen LogP contribution in [0.5, 0.6) is 0 Å². The van der Waals surface area contributed by atoms with Crippen molar-refractivity contribution in [1.82, 2.24) is 10.6 Å². The fourth-order valence-electron chi connectivity index (χ4n) is 4.91. The third-order valence-electron chi connectivity index (χ3n) is 6.52. The van der Waals surface area contributed by atoms with Gasteiger partial charge in [-0.2, -0.15) is 0 Å². The lowest BCUT2D eigenvalue weighted by molar-refractivity contribution is -0.149. The Morgan fingerprint density at radius 1 is 1.15 bits per heavy atom. The minimum atomic E-state index is -0.882. The van der Waals surface area contributed by atoms with E-state index in [0.29, 0.717) is 6.42 Å². The molecule has 7 nitrogen and oxygen atoms in total. The first-order valence-corrected chi connectivity index (χ1v) is 12.5. The van der Waals surface area contributed by atoms with Gasteiger partial charge in [-0.25, -0.2) is 4.79 Å². The van der Waals surface area contributed by atoms with Gasteiger partial charge in [0.1, 0.15) is 5.60 Å². The molecule has 0 saturated heterocycles. The molecule has 2 atom stereocenters. The van der Waals surface area contributed by atoms with Crippen molar-refractivity contribution in [2.24, 2.45) is 11.8 Å². The number of carboxylic acids is 1. The summed E-state index contributed by atoms with van der Waals surface area (Å²) in [6.45, 7) is 9.00. The van der Waals surface area contributed by atoms with Crippen LogP contribution in [0.1, 0.15) is 85.1 Å². The summed E-state index contributed by atoms with van der Waals surface area (Å²) in [6, 6.07) is 9.88. The summed E-state index contributed by atoms with van der Waals surface area (Å²) in [7, 11) is 0. The predicted molar refractivity (Wildman–Crippen MR) is 132 cm³/mol. The van der Waals surface area contributed by atoms with Gasteiger partial charge in [0.15, 0.2) is 0 Å². The van der Waals surface area contributed by atoms with Crippen molar-refractivity contribution in [2.45, 2.75) is 103 Å². The van der Waals surface area contributed by atoms with E-state index in [9.17, 15) is 19.5 Å². The van der Waals surface area contributed by atoms with E-state index in [2.05, 4.69) is 29.7 Å². The summed E-state index contributed by atoms with van der Waals surface area (Å²) in [4.78, 5) is 36.6. The summed E-state index contributed by atoms with van der Waals surface area (Å²) < 4.78 is 5.49. The van der Waals surface area contributed by atoms with Crippen LogP contribution in [0.4, 0.5) is 4.79 Å². The van der Waals surface area contributed by atoms with Crippen LogP contribution < -0.4 is 10.6 Å². The highest BCUT2D eigenvalue weighted by Gasteiger charge is 2.54. The maximum Gasteiger partial charge on any atom is 0.408 e. The summed E-state index contributed by atoms with van der Waals surface area (Å²) in [6.07, 6.45) is 5.81. The molecule has 1 saturated carbocycles. The summed E-state index contributed by atoms with van der Waals surface area (Å²) >= 11 is 0. The Hall–Kier alpha value is -2.57. The van der Waals surface area contributed by atoms with Crippen molar-refractivity contribution in [3.8, 4) is 0 Å². The average molecular weight is 475 g/mol. The second kappa shape index (κ2) is 12.2. The SMILES string of the molecule is CCCCCC(Cc1ccccc1)CC(NC(C)=O)C1(NC(=O)OC(C)(C)C)CC(C(=O)O)C1. The van der Waals surface area contributed by atoms with Crippen molar-refractivity contribution < 1.29 is 24.2 Å². The zero-order valence-electron chi connectivity index (χ0n) is 21.4. The van der Waals surface area contributed by atoms with Gasteiger partial charge in [-0.1, -0.05) is 62.9 Å². The number of nitrogens with one attached hydrogen (secondary N) is 2. The predicted octanol–water partition coefficient (Wildman–Crippen LogP) is 5.08. The Morgan fingerprint density at radius 3 is 2.32 bits per heavy atom. The molecule has 0 aromatic heterocycles. The van der Waals surface area contributed by atoms with Crippen molar-refractivity contribution in [2.75, 3.05) is 0 Å². The quantitative estimate of drug-likeness (QED) is 0.367. The Bertz CT molecular complexity index is 812. The lowest BCUT2D eigenvalue weighted by Crippen LogP contribution is -2.69. The zero-order valence-corrected chi connectivity index (χ0v) is 21.4. The Balaban J connectivity index is 2.28. The molecule has 7 heteroatoms. The van der Waals surface area contributed by atoms with Crippen molar-refractivity contribution >= 4 is 18.0 Å². The molecule has 0 heterocycles. The number of ether oxygens (including phenoxy) is 1. The van der Waals surface area contributed by atoms with Crippen LogP contribution in [0, 0.1) is 11.8 Å². The summed E-state index contributed by atoms with van der Waals surface area (Å²) in [5.41, 5.74) is -0.297. The fourth-order valence-corrected chi connectivity index (χ4v) is 4.91. The molecule has 190 valence electrons. The molecular formula is C27H42N2O5. The standard InChI is InChI=1S/C27H42N2O5/c1-6-7-9-14-21(15-20-12-10-8-11-13-20)16-23(28-19(2)30)27(17-22(18-27)24(31)32)29-25(33)34-26(3,4)5/h8,10-13,21-23H,6-7,9,14-18H2,1-5H3,(H,28,30)(H,29,33)(H,31,32). The molecule has 0 bridgehead atoms. The number of alkyl carbamates (subject to hydrolysis) is 1. The van der Waals surface area contributed by atoms with E-state index < -0.39 is 29.1 Å². The fraction of sp³-hybridized carbons (Fsp3) is 0.667. The van der Waals surface area contributed by atoms with Gasteiger partial charge in [-0.05, 0) is 57.9 Å². The first kappa shape index (κ1) is 27.7. The Morgan fingerprint density at radius 2 is 1.79 bits per heavy atom. The molecule has 34 heavy (non-hydrogen) atoms. The van der Waals surface area contributed by atoms with E-state index >= 15 is 0 Å². The summed E-state index contributed by atoms with van der Waals surface area (Å²) in [5, 5.41) is 15.6. The average Bonchev–Trinajstić information content (AvgIpc) is 2.68. The largest absolute Gasteiger partial charge is 0.481 e. The molecular weight excluding hydrogens is 432 g/mol. The van der Waals surface area contributed by atoms with E-state index in [1.165, 1.54) is 12.5 Å². The number of unbranched alkanes of at least 4 members (excludes halogenated alkanes) is 2. The number of hydrogen-bond acceptors (Lipinski definition) is 4. The van der Waals surface area contributed by atoms with Crippen LogP contribution in [0.15, 0.2) is 30.3 Å². The Kier molecular flexibility index (Phi) is 9.95. The van der Waals surface area contributed by atoms with Gasteiger partial charge in [0.2, 0.25) is 5.91 Å². The minimum Gasteiger partial charge on any atom is -0.481 e. The van der Waals surface area contributed by atoms with Crippen molar-refractivity contribution in [3.63, 3.8) is 0 Å². The molecule has 2 rings (SSSR count). The normalized spacial score (nSPS) is 21.6. The van der Waals surface area contributed by atoms with Gasteiger partial charge in [0.25, 0.3) is 0 Å². The second-order valence-corrected chi connectivity index (χ2v) is 10.8. The van der Waals surface area contributed by atoms with Gasteiger partial charge >= 0.3 is 12.1 Å². The summed E-state index contributed by atoms with van der Waals surface area (Å²) in [5.74, 6) is -1.35. The molecule has 2 amide bonds.